The third-order valence-electron chi connectivity index (χ3n) is 3.31. The number of hydrogen-bond donors (Lipinski definition) is 1. The summed E-state index contributed by atoms with van der Waals surface area (Å²) >= 11 is 0. The second kappa shape index (κ2) is 4.98. The summed E-state index contributed by atoms with van der Waals surface area (Å²) in [4.78, 5) is 21.6. The first kappa shape index (κ1) is 13.3. The number of rotatable bonds is 3. The van der Waals surface area contributed by atoms with Crippen molar-refractivity contribution >= 4 is 11.7 Å². The fraction of sp³-hybridized carbons (Fsp3) is 0.231. The normalized spacial score (nSPS) is 13.7. The Morgan fingerprint density at radius 3 is 3.00 bits per heavy atom. The number of nitro groups is 1. The lowest BCUT2D eigenvalue weighted by Crippen LogP contribution is -2.13. The first-order chi connectivity index (χ1) is 10.1. The van der Waals surface area contributed by atoms with Crippen LogP contribution in [0, 0.1) is 10.1 Å². The van der Waals surface area contributed by atoms with E-state index in [0.29, 0.717) is 24.3 Å². The van der Waals surface area contributed by atoms with Crippen LogP contribution in [-0.2, 0) is 17.8 Å². The summed E-state index contributed by atoms with van der Waals surface area (Å²) in [5, 5.41) is 24.1. The van der Waals surface area contributed by atoms with Crippen LogP contribution < -0.4 is 0 Å². The molecular weight excluding hydrogens is 278 g/mol. The molecule has 0 spiro atoms. The van der Waals surface area contributed by atoms with Crippen LogP contribution in [-0.4, -0.2) is 32.4 Å². The van der Waals surface area contributed by atoms with Gasteiger partial charge in [-0.25, -0.2) is 9.48 Å². The van der Waals surface area contributed by atoms with Crippen molar-refractivity contribution in [2.75, 3.05) is 6.61 Å². The first-order valence-corrected chi connectivity index (χ1v) is 6.24. The van der Waals surface area contributed by atoms with E-state index in [4.69, 9.17) is 4.74 Å². The van der Waals surface area contributed by atoms with E-state index in [1.807, 2.05) is 0 Å². The Balaban J connectivity index is 2.16. The molecule has 8 nitrogen and oxygen atoms in total. The van der Waals surface area contributed by atoms with Crippen LogP contribution in [0.2, 0.25) is 0 Å². The zero-order chi connectivity index (χ0) is 15.0. The van der Waals surface area contributed by atoms with Crippen LogP contribution in [0.15, 0.2) is 24.3 Å². The maximum atomic E-state index is 11.3. The van der Waals surface area contributed by atoms with Crippen LogP contribution in [0.3, 0.4) is 0 Å². The van der Waals surface area contributed by atoms with Gasteiger partial charge in [0.05, 0.1) is 29.5 Å². The van der Waals surface area contributed by atoms with Crippen LogP contribution in [0.1, 0.15) is 21.7 Å². The molecule has 0 amide bonds. The molecule has 0 radical (unpaired) electrons. The number of benzene rings is 1. The summed E-state index contributed by atoms with van der Waals surface area (Å²) in [6.07, 6.45) is 0.512. The molecule has 108 valence electrons. The van der Waals surface area contributed by atoms with Crippen LogP contribution in [0.5, 0.6) is 0 Å². The maximum absolute atomic E-state index is 11.3. The molecule has 0 aliphatic carbocycles. The molecule has 0 fully saturated rings. The molecule has 1 N–H and O–H groups in total. The Kier molecular flexibility index (Phi) is 3.15. The van der Waals surface area contributed by atoms with Crippen molar-refractivity contribution in [3.05, 3.63) is 51.3 Å². The highest BCUT2D eigenvalue weighted by molar-refractivity contribution is 5.87. The summed E-state index contributed by atoms with van der Waals surface area (Å²) in [6, 6.07) is 5.94. The summed E-state index contributed by atoms with van der Waals surface area (Å²) in [5.74, 6) is -1.14. The highest BCUT2D eigenvalue weighted by Crippen LogP contribution is 2.25. The van der Waals surface area contributed by atoms with E-state index in [1.54, 1.807) is 12.1 Å². The molecule has 0 unspecified atom stereocenters. The smallest absolute Gasteiger partial charge is 0.356 e. The van der Waals surface area contributed by atoms with Gasteiger partial charge in [-0.05, 0) is 6.07 Å². The lowest BCUT2D eigenvalue weighted by Gasteiger charge is -2.14. The van der Waals surface area contributed by atoms with Crippen molar-refractivity contribution in [2.45, 2.75) is 13.0 Å². The average Bonchev–Trinajstić information content (AvgIpc) is 2.87. The van der Waals surface area contributed by atoms with Crippen molar-refractivity contribution < 1.29 is 19.6 Å². The van der Waals surface area contributed by atoms with Crippen LogP contribution in [0.25, 0.3) is 5.69 Å². The van der Waals surface area contributed by atoms with Gasteiger partial charge in [-0.3, -0.25) is 10.1 Å². The maximum Gasteiger partial charge on any atom is 0.356 e. The molecule has 3 rings (SSSR count). The molecule has 1 aromatic heterocycles. The zero-order valence-electron chi connectivity index (χ0n) is 10.9. The summed E-state index contributed by atoms with van der Waals surface area (Å²) in [7, 11) is 0. The van der Waals surface area contributed by atoms with E-state index in [2.05, 4.69) is 5.10 Å². The SMILES string of the molecule is O=C(O)c1nn(-c2cccc([N+](=O)[O-])c2)c2c1COCC2. The van der Waals surface area contributed by atoms with E-state index in [1.165, 1.54) is 16.8 Å². The van der Waals surface area contributed by atoms with Gasteiger partial charge in [-0.2, -0.15) is 5.10 Å². The van der Waals surface area contributed by atoms with Crippen molar-refractivity contribution in [3.63, 3.8) is 0 Å². The number of carboxylic acids is 1. The molecule has 21 heavy (non-hydrogen) atoms. The molecule has 1 aromatic carbocycles. The third-order valence-corrected chi connectivity index (χ3v) is 3.31. The molecular formula is C13H11N3O5. The molecule has 1 aliphatic heterocycles. The van der Waals surface area contributed by atoms with Gasteiger partial charge in [0.2, 0.25) is 0 Å². The fourth-order valence-electron chi connectivity index (χ4n) is 2.36. The number of nitrogens with zero attached hydrogens (tertiary/aromatic N) is 3. The van der Waals surface area contributed by atoms with Gasteiger partial charge in [-0.1, -0.05) is 6.07 Å². The van der Waals surface area contributed by atoms with Gasteiger partial charge >= 0.3 is 5.97 Å². The van der Waals surface area contributed by atoms with Gasteiger partial charge < -0.3 is 9.84 Å². The summed E-state index contributed by atoms with van der Waals surface area (Å²) < 4.78 is 6.73. The minimum absolute atomic E-state index is 0.0688. The highest BCUT2D eigenvalue weighted by Gasteiger charge is 2.26. The number of fused-ring (bicyclic) bond motifs is 1. The Labute approximate surface area is 118 Å². The molecule has 2 aromatic rings. The van der Waals surface area contributed by atoms with Gasteiger partial charge in [0.1, 0.15) is 0 Å². The lowest BCUT2D eigenvalue weighted by atomic mass is 10.1. The summed E-state index contributed by atoms with van der Waals surface area (Å²) in [6.45, 7) is 0.651. The topological polar surface area (TPSA) is 107 Å². The van der Waals surface area contributed by atoms with Crippen molar-refractivity contribution in [1.29, 1.82) is 0 Å². The van der Waals surface area contributed by atoms with Crippen LogP contribution in [0.4, 0.5) is 5.69 Å². The third kappa shape index (κ3) is 2.25. The van der Waals surface area contributed by atoms with Gasteiger partial charge in [0, 0.05) is 24.1 Å². The molecule has 1 aliphatic rings. The number of carboxylic acid groups (broad SMARTS) is 1. The number of aromatic nitrogens is 2. The van der Waals surface area contributed by atoms with Gasteiger partial charge in [-0.15, -0.1) is 0 Å². The van der Waals surface area contributed by atoms with E-state index in [-0.39, 0.29) is 18.0 Å². The molecule has 0 bridgehead atoms. The average molecular weight is 289 g/mol. The predicted molar refractivity (Wildman–Crippen MR) is 70.5 cm³/mol. The highest BCUT2D eigenvalue weighted by atomic mass is 16.6. The fourth-order valence-corrected chi connectivity index (χ4v) is 2.36. The number of nitro benzene ring substituents is 1. The number of non-ortho nitro benzene ring substituents is 1. The standard InChI is InChI=1S/C13H11N3O5/c17-13(18)12-10-7-21-5-4-11(10)15(14-12)8-2-1-3-9(6-8)16(19)20/h1-3,6H,4-5,7H2,(H,17,18). The molecule has 8 heteroatoms. The number of aromatic carboxylic acids is 1. The lowest BCUT2D eigenvalue weighted by molar-refractivity contribution is -0.384. The number of ether oxygens (including phenoxy) is 1. The molecule has 0 saturated heterocycles. The second-order valence-corrected chi connectivity index (χ2v) is 4.57. The van der Waals surface area contributed by atoms with E-state index < -0.39 is 10.9 Å². The van der Waals surface area contributed by atoms with Gasteiger partial charge in [0.15, 0.2) is 5.69 Å². The predicted octanol–water partition coefficient (Wildman–Crippen LogP) is 1.55. The Morgan fingerprint density at radius 2 is 2.29 bits per heavy atom. The Morgan fingerprint density at radius 1 is 1.48 bits per heavy atom. The number of hydrogen-bond acceptors (Lipinski definition) is 5. The Hall–Kier alpha value is -2.74. The molecule has 0 atom stereocenters. The first-order valence-electron chi connectivity index (χ1n) is 6.24. The number of carbonyl (C=O) groups is 1. The Bertz CT molecular complexity index is 737. The van der Waals surface area contributed by atoms with Crippen molar-refractivity contribution in [3.8, 4) is 5.69 Å². The summed E-state index contributed by atoms with van der Waals surface area (Å²) in [5.41, 5.74) is 1.58. The van der Waals surface area contributed by atoms with E-state index in [9.17, 15) is 20.0 Å². The minimum atomic E-state index is -1.14. The minimum Gasteiger partial charge on any atom is -0.476 e. The van der Waals surface area contributed by atoms with Crippen molar-refractivity contribution in [1.82, 2.24) is 9.78 Å². The van der Waals surface area contributed by atoms with Gasteiger partial charge in [0.25, 0.3) is 5.69 Å². The zero-order valence-corrected chi connectivity index (χ0v) is 10.9. The van der Waals surface area contributed by atoms with Crippen LogP contribution >= 0.6 is 0 Å². The quantitative estimate of drug-likeness (QED) is 0.678. The largest absolute Gasteiger partial charge is 0.476 e. The molecule has 2 heterocycles. The van der Waals surface area contributed by atoms with Crippen molar-refractivity contribution in [2.24, 2.45) is 0 Å². The van der Waals surface area contributed by atoms with E-state index >= 15 is 0 Å². The monoisotopic (exact) mass is 289 g/mol. The molecule has 0 saturated carbocycles. The van der Waals surface area contributed by atoms with E-state index in [0.717, 1.165) is 5.69 Å². The second-order valence-electron chi connectivity index (χ2n) is 4.57.